The minimum atomic E-state index is -0.192. The molecule has 2 aromatic heterocycles. The molecule has 0 fully saturated rings. The number of nitrogens with one attached hydrogen (secondary N) is 3. The summed E-state index contributed by atoms with van der Waals surface area (Å²) in [6, 6.07) is 19.2. The van der Waals surface area contributed by atoms with Gasteiger partial charge in [0.1, 0.15) is 0 Å². The maximum absolute atomic E-state index is 12.4. The molecule has 6 heteroatoms. The number of carbonyl (C=O) groups excluding carboxylic acids is 1. The topological polar surface area (TPSA) is 90.6 Å². The molecule has 3 N–H and O–H groups in total. The van der Waals surface area contributed by atoms with E-state index in [-0.39, 0.29) is 11.5 Å². The summed E-state index contributed by atoms with van der Waals surface area (Å²) in [6.45, 7) is 1.47. The second-order valence-electron chi connectivity index (χ2n) is 6.38. The number of amides is 1. The molecule has 0 radical (unpaired) electrons. The van der Waals surface area contributed by atoms with Crippen LogP contribution >= 0.6 is 0 Å². The lowest BCUT2D eigenvalue weighted by Gasteiger charge is -2.06. The minimum Gasteiger partial charge on any atom is -0.326 e. The summed E-state index contributed by atoms with van der Waals surface area (Å²) in [5.41, 5.74) is 4.37. The smallest absolute Gasteiger partial charge is 0.273 e. The molecule has 0 aliphatic rings. The molecule has 4 rings (SSSR count). The predicted molar refractivity (Wildman–Crippen MR) is 106 cm³/mol. The number of benzene rings is 2. The van der Waals surface area contributed by atoms with Crippen molar-refractivity contribution < 1.29 is 4.79 Å². The zero-order valence-electron chi connectivity index (χ0n) is 14.7. The molecule has 0 saturated carbocycles. The van der Waals surface area contributed by atoms with E-state index in [0.717, 1.165) is 27.8 Å². The zero-order valence-corrected chi connectivity index (χ0v) is 14.7. The molecule has 134 valence electrons. The zero-order chi connectivity index (χ0) is 18.8. The Morgan fingerprint density at radius 1 is 1.00 bits per heavy atom. The highest BCUT2D eigenvalue weighted by Crippen LogP contribution is 2.22. The van der Waals surface area contributed by atoms with Crippen LogP contribution < -0.4 is 10.9 Å². The Balaban J connectivity index is 1.67. The number of rotatable bonds is 4. The molecule has 4 aromatic rings. The van der Waals surface area contributed by atoms with Crippen molar-refractivity contribution in [2.24, 2.45) is 0 Å². The van der Waals surface area contributed by atoms with Crippen molar-refractivity contribution in [3.8, 4) is 11.3 Å². The lowest BCUT2D eigenvalue weighted by Crippen LogP contribution is -2.05. The van der Waals surface area contributed by atoms with E-state index in [0.29, 0.717) is 17.7 Å². The first kappa shape index (κ1) is 16.8. The Morgan fingerprint density at radius 3 is 2.56 bits per heavy atom. The van der Waals surface area contributed by atoms with E-state index < -0.39 is 0 Å². The summed E-state index contributed by atoms with van der Waals surface area (Å²) < 4.78 is 0. The van der Waals surface area contributed by atoms with Crippen molar-refractivity contribution in [1.82, 2.24) is 15.2 Å². The highest BCUT2D eigenvalue weighted by atomic mass is 16.1. The van der Waals surface area contributed by atoms with E-state index in [1.54, 1.807) is 0 Å². The minimum absolute atomic E-state index is 0.109. The van der Waals surface area contributed by atoms with Gasteiger partial charge in [-0.15, -0.1) is 0 Å². The normalized spacial score (nSPS) is 10.9. The Bertz CT molecular complexity index is 1170. The van der Waals surface area contributed by atoms with Crippen LogP contribution in [0, 0.1) is 0 Å². The summed E-state index contributed by atoms with van der Waals surface area (Å²) in [5.74, 6) is -0.109. The number of aromatic nitrogens is 3. The van der Waals surface area contributed by atoms with Crippen LogP contribution in [0.25, 0.3) is 22.2 Å². The van der Waals surface area contributed by atoms with Gasteiger partial charge in [0.25, 0.3) is 5.56 Å². The summed E-state index contributed by atoms with van der Waals surface area (Å²) in [4.78, 5) is 28.1. The van der Waals surface area contributed by atoms with Gasteiger partial charge in [0.15, 0.2) is 0 Å². The highest BCUT2D eigenvalue weighted by Gasteiger charge is 2.14. The number of para-hydroxylation sites is 1. The standard InChI is InChI=1S/C21H18N4O2/c1-13(26)22-16-9-6-14(7-10-16)12-19-20(21(27)25-24-19)18-11-8-15-4-2-3-5-17(15)23-18/h2-11H,12H2,1H3,(H,22,26)(H2,24,25,27). The van der Waals surface area contributed by atoms with Gasteiger partial charge in [-0.25, -0.2) is 4.98 Å². The molecule has 0 spiro atoms. The lowest BCUT2D eigenvalue weighted by atomic mass is 10.0. The third-order valence-corrected chi connectivity index (χ3v) is 4.37. The van der Waals surface area contributed by atoms with Gasteiger partial charge in [-0.2, -0.15) is 0 Å². The maximum atomic E-state index is 12.4. The van der Waals surface area contributed by atoms with Gasteiger partial charge >= 0.3 is 0 Å². The first-order valence-electron chi connectivity index (χ1n) is 8.62. The number of fused-ring (bicyclic) bond motifs is 1. The quantitative estimate of drug-likeness (QED) is 0.522. The molecule has 0 bridgehead atoms. The van der Waals surface area contributed by atoms with Gasteiger partial charge in [-0.1, -0.05) is 36.4 Å². The average molecular weight is 358 g/mol. The number of H-pyrrole nitrogens is 2. The van der Waals surface area contributed by atoms with Gasteiger partial charge in [0, 0.05) is 24.4 Å². The van der Waals surface area contributed by atoms with Gasteiger partial charge in [-0.05, 0) is 29.8 Å². The highest BCUT2D eigenvalue weighted by molar-refractivity contribution is 5.88. The second-order valence-corrected chi connectivity index (χ2v) is 6.38. The van der Waals surface area contributed by atoms with E-state index in [4.69, 9.17) is 0 Å². The van der Waals surface area contributed by atoms with Crippen molar-refractivity contribution in [2.75, 3.05) is 5.32 Å². The molecule has 0 saturated heterocycles. The van der Waals surface area contributed by atoms with Crippen molar-refractivity contribution >= 4 is 22.5 Å². The fourth-order valence-electron chi connectivity index (χ4n) is 3.12. The Morgan fingerprint density at radius 2 is 1.78 bits per heavy atom. The number of nitrogens with zero attached hydrogens (tertiary/aromatic N) is 1. The van der Waals surface area contributed by atoms with Crippen LogP contribution in [0.15, 0.2) is 65.5 Å². The Kier molecular flexibility index (Phi) is 4.30. The van der Waals surface area contributed by atoms with Crippen LogP contribution in [-0.2, 0) is 11.2 Å². The molecular formula is C21H18N4O2. The average Bonchev–Trinajstić information content (AvgIpc) is 3.02. The van der Waals surface area contributed by atoms with E-state index in [1.165, 1.54) is 6.92 Å². The summed E-state index contributed by atoms with van der Waals surface area (Å²) in [5, 5.41) is 9.40. The molecule has 0 atom stereocenters. The summed E-state index contributed by atoms with van der Waals surface area (Å²) in [6.07, 6.45) is 0.545. The van der Waals surface area contributed by atoms with Crippen LogP contribution in [0.2, 0.25) is 0 Å². The molecule has 0 aliphatic heterocycles. The monoisotopic (exact) mass is 358 g/mol. The fraction of sp³-hybridized carbons (Fsp3) is 0.0952. The molecule has 6 nitrogen and oxygen atoms in total. The number of hydrogen-bond donors (Lipinski definition) is 3. The maximum Gasteiger partial charge on any atom is 0.273 e. The molecule has 0 unspecified atom stereocenters. The lowest BCUT2D eigenvalue weighted by molar-refractivity contribution is -0.114. The molecule has 2 heterocycles. The van der Waals surface area contributed by atoms with Crippen LogP contribution in [0.3, 0.4) is 0 Å². The second kappa shape index (κ2) is 6.92. The largest absolute Gasteiger partial charge is 0.326 e. The van der Waals surface area contributed by atoms with Crippen molar-refractivity contribution in [3.05, 3.63) is 82.3 Å². The number of aromatic amines is 2. The summed E-state index contributed by atoms with van der Waals surface area (Å²) >= 11 is 0. The molecule has 0 aliphatic carbocycles. The Hall–Kier alpha value is -3.67. The van der Waals surface area contributed by atoms with Gasteiger partial charge in [-0.3, -0.25) is 14.7 Å². The third-order valence-electron chi connectivity index (χ3n) is 4.37. The first-order chi connectivity index (χ1) is 13.1. The van der Waals surface area contributed by atoms with Gasteiger partial charge in [0.05, 0.1) is 22.5 Å². The van der Waals surface area contributed by atoms with Crippen molar-refractivity contribution in [3.63, 3.8) is 0 Å². The van der Waals surface area contributed by atoms with Crippen LogP contribution in [-0.4, -0.2) is 21.1 Å². The van der Waals surface area contributed by atoms with E-state index in [2.05, 4.69) is 20.5 Å². The molecule has 1 amide bonds. The van der Waals surface area contributed by atoms with Crippen LogP contribution in [0.4, 0.5) is 5.69 Å². The van der Waals surface area contributed by atoms with Crippen LogP contribution in [0.5, 0.6) is 0 Å². The van der Waals surface area contributed by atoms with Gasteiger partial charge < -0.3 is 10.4 Å². The number of carbonyl (C=O) groups is 1. The number of hydrogen-bond acceptors (Lipinski definition) is 3. The molecule has 2 aromatic carbocycles. The third kappa shape index (κ3) is 3.50. The predicted octanol–water partition coefficient (Wildman–Crippen LogP) is 3.47. The van der Waals surface area contributed by atoms with Crippen molar-refractivity contribution in [2.45, 2.75) is 13.3 Å². The first-order valence-corrected chi connectivity index (χ1v) is 8.62. The van der Waals surface area contributed by atoms with Crippen LogP contribution in [0.1, 0.15) is 18.2 Å². The van der Waals surface area contributed by atoms with Gasteiger partial charge in [0.2, 0.25) is 5.91 Å². The van der Waals surface area contributed by atoms with E-state index in [9.17, 15) is 9.59 Å². The number of pyridine rings is 1. The molecule has 27 heavy (non-hydrogen) atoms. The van der Waals surface area contributed by atoms with E-state index in [1.807, 2.05) is 60.7 Å². The van der Waals surface area contributed by atoms with Crippen molar-refractivity contribution in [1.29, 1.82) is 0 Å². The SMILES string of the molecule is CC(=O)Nc1ccc(Cc2[nH][nH]c(=O)c2-c2ccc3ccccc3n2)cc1. The Labute approximate surface area is 155 Å². The summed E-state index contributed by atoms with van der Waals surface area (Å²) in [7, 11) is 0. The van der Waals surface area contributed by atoms with E-state index >= 15 is 0 Å². The fourth-order valence-corrected chi connectivity index (χ4v) is 3.12. The number of anilines is 1. The molecular weight excluding hydrogens is 340 g/mol.